The van der Waals surface area contributed by atoms with Crippen LogP contribution >= 0.6 is 0 Å². The third-order valence-electron chi connectivity index (χ3n) is 2.73. The highest BCUT2D eigenvalue weighted by Crippen LogP contribution is 2.12. The van der Waals surface area contributed by atoms with Crippen LogP contribution in [0.25, 0.3) is 0 Å². The summed E-state index contributed by atoms with van der Waals surface area (Å²) in [5.74, 6) is 0.888. The van der Waals surface area contributed by atoms with Crippen molar-refractivity contribution in [2.24, 2.45) is 0 Å². The van der Waals surface area contributed by atoms with Gasteiger partial charge in [0.2, 0.25) is 0 Å². The van der Waals surface area contributed by atoms with Crippen molar-refractivity contribution in [2.75, 3.05) is 13.2 Å². The number of hydrogen-bond acceptors (Lipinski definition) is 4. The second-order valence-electron chi connectivity index (χ2n) is 4.33. The van der Waals surface area contributed by atoms with Gasteiger partial charge in [0.1, 0.15) is 25.0 Å². The van der Waals surface area contributed by atoms with Crippen LogP contribution in [0.1, 0.15) is 18.9 Å². The third-order valence-corrected chi connectivity index (χ3v) is 2.73. The van der Waals surface area contributed by atoms with Gasteiger partial charge in [-0.1, -0.05) is 19.1 Å². The van der Waals surface area contributed by atoms with Crippen molar-refractivity contribution >= 4 is 0 Å². The van der Waals surface area contributed by atoms with Gasteiger partial charge in [-0.25, -0.2) is 9.67 Å². The molecule has 1 N–H and O–H groups in total. The summed E-state index contributed by atoms with van der Waals surface area (Å²) in [4.78, 5) is 3.88. The Morgan fingerprint density at radius 3 is 2.79 bits per heavy atom. The Morgan fingerprint density at radius 2 is 2.11 bits per heavy atom. The van der Waals surface area contributed by atoms with E-state index in [0.717, 1.165) is 25.3 Å². The fourth-order valence-electron chi connectivity index (χ4n) is 1.72. The normalized spacial score (nSPS) is 10.6. The molecule has 5 nitrogen and oxygen atoms in total. The molecule has 102 valence electrons. The smallest absolute Gasteiger partial charge is 0.137 e. The molecule has 5 heteroatoms. The lowest BCUT2D eigenvalue weighted by Gasteiger charge is -2.07. The summed E-state index contributed by atoms with van der Waals surface area (Å²) in [7, 11) is 0. The van der Waals surface area contributed by atoms with Crippen molar-refractivity contribution in [1.29, 1.82) is 0 Å². The van der Waals surface area contributed by atoms with Crippen LogP contribution in [0.4, 0.5) is 0 Å². The molecule has 0 aliphatic heterocycles. The summed E-state index contributed by atoms with van der Waals surface area (Å²) in [6, 6.07) is 8.19. The largest absolute Gasteiger partial charge is 0.492 e. The predicted molar refractivity (Wildman–Crippen MR) is 74.0 cm³/mol. The van der Waals surface area contributed by atoms with Gasteiger partial charge in [-0.3, -0.25) is 0 Å². The van der Waals surface area contributed by atoms with Gasteiger partial charge in [-0.2, -0.15) is 5.10 Å². The second-order valence-corrected chi connectivity index (χ2v) is 4.33. The predicted octanol–water partition coefficient (Wildman–Crippen LogP) is 1.86. The summed E-state index contributed by atoms with van der Waals surface area (Å²) in [6.45, 7) is 5.43. The van der Waals surface area contributed by atoms with Crippen LogP contribution in [-0.4, -0.2) is 27.9 Å². The van der Waals surface area contributed by atoms with Gasteiger partial charge in [0.25, 0.3) is 0 Å². The molecule has 1 aromatic carbocycles. The first-order valence-electron chi connectivity index (χ1n) is 6.63. The molecule has 0 bridgehead atoms. The average Bonchev–Trinajstić information content (AvgIpc) is 2.94. The molecule has 1 heterocycles. The van der Waals surface area contributed by atoms with Crippen molar-refractivity contribution in [1.82, 2.24) is 20.1 Å². The first kappa shape index (κ1) is 13.5. The van der Waals surface area contributed by atoms with E-state index in [1.165, 1.54) is 11.9 Å². The lowest BCUT2D eigenvalue weighted by Crippen LogP contribution is -2.13. The van der Waals surface area contributed by atoms with E-state index in [9.17, 15) is 0 Å². The van der Waals surface area contributed by atoms with Crippen LogP contribution in [0, 0.1) is 0 Å². The van der Waals surface area contributed by atoms with Crippen LogP contribution in [-0.2, 0) is 13.1 Å². The van der Waals surface area contributed by atoms with E-state index in [1.807, 2.05) is 12.1 Å². The Bertz CT molecular complexity index is 453. The van der Waals surface area contributed by atoms with E-state index in [-0.39, 0.29) is 0 Å². The van der Waals surface area contributed by atoms with Gasteiger partial charge in [0.15, 0.2) is 0 Å². The minimum Gasteiger partial charge on any atom is -0.492 e. The van der Waals surface area contributed by atoms with E-state index in [1.54, 1.807) is 11.0 Å². The SMILES string of the molecule is CCCNCc1ccc(OCCn2cncn2)cc1. The molecule has 1 aromatic heterocycles. The van der Waals surface area contributed by atoms with Crippen molar-refractivity contribution < 1.29 is 4.74 Å². The number of hydrogen-bond donors (Lipinski definition) is 1. The molecule has 0 fully saturated rings. The molecule has 2 rings (SSSR count). The Morgan fingerprint density at radius 1 is 1.26 bits per heavy atom. The van der Waals surface area contributed by atoms with E-state index in [4.69, 9.17) is 4.74 Å². The minimum absolute atomic E-state index is 0.594. The molecule has 0 radical (unpaired) electrons. The average molecular weight is 260 g/mol. The molecule has 0 unspecified atom stereocenters. The zero-order valence-electron chi connectivity index (χ0n) is 11.2. The molecule has 0 spiro atoms. The maximum absolute atomic E-state index is 5.65. The summed E-state index contributed by atoms with van der Waals surface area (Å²) < 4.78 is 7.40. The maximum Gasteiger partial charge on any atom is 0.137 e. The van der Waals surface area contributed by atoms with Crippen molar-refractivity contribution in [3.05, 3.63) is 42.5 Å². The number of nitrogens with zero attached hydrogens (tertiary/aromatic N) is 3. The van der Waals surface area contributed by atoms with E-state index < -0.39 is 0 Å². The number of rotatable bonds is 8. The standard InChI is InChI=1S/C14H20N4O/c1-2-7-15-10-13-3-5-14(6-4-13)19-9-8-18-12-16-11-17-18/h3-6,11-12,15H,2,7-10H2,1H3. The monoisotopic (exact) mass is 260 g/mol. The van der Waals surface area contributed by atoms with Crippen LogP contribution < -0.4 is 10.1 Å². The van der Waals surface area contributed by atoms with Crippen LogP contribution in [0.15, 0.2) is 36.9 Å². The molecule has 2 aromatic rings. The molecule has 0 amide bonds. The van der Waals surface area contributed by atoms with Crippen LogP contribution in [0.5, 0.6) is 5.75 Å². The summed E-state index contributed by atoms with van der Waals surface area (Å²) in [5.41, 5.74) is 1.28. The fraction of sp³-hybridized carbons (Fsp3) is 0.429. The van der Waals surface area contributed by atoms with Crippen molar-refractivity contribution in [3.63, 3.8) is 0 Å². The van der Waals surface area contributed by atoms with Crippen molar-refractivity contribution in [2.45, 2.75) is 26.4 Å². The van der Waals surface area contributed by atoms with E-state index in [0.29, 0.717) is 13.2 Å². The zero-order valence-corrected chi connectivity index (χ0v) is 11.2. The van der Waals surface area contributed by atoms with Gasteiger partial charge in [-0.05, 0) is 30.7 Å². The van der Waals surface area contributed by atoms with Crippen molar-refractivity contribution in [3.8, 4) is 5.75 Å². The lowest BCUT2D eigenvalue weighted by atomic mass is 10.2. The Balaban J connectivity index is 1.72. The highest BCUT2D eigenvalue weighted by molar-refractivity contribution is 5.27. The molecule has 0 aliphatic carbocycles. The number of benzene rings is 1. The molecular weight excluding hydrogens is 240 g/mol. The first-order chi connectivity index (χ1) is 9.38. The molecule has 19 heavy (non-hydrogen) atoms. The Labute approximate surface area is 113 Å². The zero-order chi connectivity index (χ0) is 13.3. The second kappa shape index (κ2) is 7.53. The quantitative estimate of drug-likeness (QED) is 0.736. The van der Waals surface area contributed by atoms with Crippen LogP contribution in [0.3, 0.4) is 0 Å². The number of nitrogens with one attached hydrogen (secondary N) is 1. The lowest BCUT2D eigenvalue weighted by molar-refractivity contribution is 0.291. The van der Waals surface area contributed by atoms with Gasteiger partial charge in [0.05, 0.1) is 6.54 Å². The summed E-state index contributed by atoms with van der Waals surface area (Å²) in [6.07, 6.45) is 4.37. The highest BCUT2D eigenvalue weighted by Gasteiger charge is 1.96. The van der Waals surface area contributed by atoms with Gasteiger partial charge >= 0.3 is 0 Å². The summed E-state index contributed by atoms with van der Waals surface area (Å²) >= 11 is 0. The molecule has 0 saturated carbocycles. The maximum atomic E-state index is 5.65. The van der Waals surface area contributed by atoms with Crippen LogP contribution in [0.2, 0.25) is 0 Å². The number of ether oxygens (including phenoxy) is 1. The van der Waals surface area contributed by atoms with Gasteiger partial charge < -0.3 is 10.1 Å². The number of aromatic nitrogens is 3. The third kappa shape index (κ3) is 4.71. The van der Waals surface area contributed by atoms with Gasteiger partial charge in [0, 0.05) is 6.54 Å². The van der Waals surface area contributed by atoms with Gasteiger partial charge in [-0.15, -0.1) is 0 Å². The molecular formula is C14H20N4O. The Hall–Kier alpha value is -1.88. The molecule has 0 aliphatic rings. The topological polar surface area (TPSA) is 52.0 Å². The molecule has 0 saturated heterocycles. The summed E-state index contributed by atoms with van der Waals surface area (Å²) in [5, 5.41) is 7.39. The molecule has 0 atom stereocenters. The highest BCUT2D eigenvalue weighted by atomic mass is 16.5. The van der Waals surface area contributed by atoms with E-state index >= 15 is 0 Å². The van der Waals surface area contributed by atoms with E-state index in [2.05, 4.69) is 34.5 Å². The fourth-order valence-corrected chi connectivity index (χ4v) is 1.72. The minimum atomic E-state index is 0.594. The first-order valence-corrected chi connectivity index (χ1v) is 6.63. The Kier molecular flexibility index (Phi) is 5.37.